The average Bonchev–Trinajstić information content (AvgIpc) is 3.47. The second kappa shape index (κ2) is 20.4. The number of alkyl carbamates (subject to hydrolysis) is 1. The predicted octanol–water partition coefficient (Wildman–Crippen LogP) is 9.28. The number of hydrogen-bond donors (Lipinski definition) is 1. The highest BCUT2D eigenvalue weighted by Gasteiger charge is 2.59. The number of nitrogens with one attached hydrogen (secondary N) is 1. The molecule has 9 heteroatoms. The van der Waals surface area contributed by atoms with Gasteiger partial charge >= 0.3 is 18.0 Å². The maximum Gasteiger partial charge on any atom is 0.407 e. The summed E-state index contributed by atoms with van der Waals surface area (Å²) in [5.41, 5.74) is 2.44. The highest BCUT2D eigenvalue weighted by molar-refractivity contribution is 5.82. The fourth-order valence-electron chi connectivity index (χ4n) is 11.2. The fraction of sp³-hybridized carbons (Fsp3) is 0.864. The number of rotatable bonds is 20. The van der Waals surface area contributed by atoms with Crippen molar-refractivity contribution in [3.8, 4) is 0 Å². The molecule has 8 atom stereocenters. The number of carbonyl (C=O) groups is 4. The molecule has 53 heavy (non-hydrogen) atoms. The number of fused-ring (bicyclic) bond motifs is 5. The zero-order valence-electron chi connectivity index (χ0n) is 34.5. The third-order valence-corrected chi connectivity index (χ3v) is 14.1. The third-order valence-electron chi connectivity index (χ3n) is 14.1. The molecular formula is C44H74N2O7. The topological polar surface area (TPSA) is 111 Å². The lowest BCUT2D eigenvalue weighted by molar-refractivity contribution is -0.150. The zero-order valence-corrected chi connectivity index (χ0v) is 34.5. The van der Waals surface area contributed by atoms with E-state index < -0.39 is 11.9 Å². The molecule has 0 spiro atoms. The van der Waals surface area contributed by atoms with Crippen LogP contribution in [0.3, 0.4) is 0 Å². The van der Waals surface area contributed by atoms with Crippen molar-refractivity contribution in [1.82, 2.24) is 10.2 Å². The van der Waals surface area contributed by atoms with Crippen LogP contribution >= 0.6 is 0 Å². The van der Waals surface area contributed by atoms with Crippen molar-refractivity contribution in [2.45, 2.75) is 151 Å². The molecule has 3 saturated carbocycles. The number of allylic oxidation sites excluding steroid dienone is 2. The predicted molar refractivity (Wildman–Crippen MR) is 209 cm³/mol. The largest absolute Gasteiger partial charge is 0.466 e. The summed E-state index contributed by atoms with van der Waals surface area (Å²) in [5, 5.41) is 2.89. The van der Waals surface area contributed by atoms with Gasteiger partial charge in [0.1, 0.15) is 6.54 Å². The number of esters is 2. The lowest BCUT2D eigenvalue weighted by atomic mass is 9.46. The Kier molecular flexibility index (Phi) is 16.6. The minimum atomic E-state index is -0.495. The Morgan fingerprint density at radius 1 is 0.849 bits per heavy atom. The Balaban J connectivity index is 1.15. The Morgan fingerprint density at radius 3 is 2.34 bits per heavy atom. The SMILES string of the molecule is CCOC(=O)CCN(CC(=O)OCC)C(=O)CCCCCNC(=O)OC[C@H]1CC[C@@]2(C)C(=CCC3C2CC[C@@]2(C)C3CC[C@@H]2C(C)CCCC(C)C)C1. The van der Waals surface area contributed by atoms with Crippen LogP contribution in [-0.2, 0) is 28.6 Å². The quantitative estimate of drug-likeness (QED) is 0.0573. The van der Waals surface area contributed by atoms with E-state index in [-0.39, 0.29) is 51.1 Å². The second-order valence-corrected chi connectivity index (χ2v) is 17.9. The number of nitrogens with zero attached hydrogens (tertiary/aromatic N) is 1. The van der Waals surface area contributed by atoms with Crippen LogP contribution in [0.1, 0.15) is 151 Å². The number of hydrogen-bond acceptors (Lipinski definition) is 7. The highest BCUT2D eigenvalue weighted by Crippen LogP contribution is 2.67. The summed E-state index contributed by atoms with van der Waals surface area (Å²) in [4.78, 5) is 50.6. The molecule has 2 amide bonds. The van der Waals surface area contributed by atoms with E-state index >= 15 is 0 Å². The van der Waals surface area contributed by atoms with E-state index in [1.807, 2.05) is 0 Å². The normalized spacial score (nSPS) is 29.6. The van der Waals surface area contributed by atoms with Gasteiger partial charge in [-0.05, 0) is 130 Å². The molecule has 0 aliphatic heterocycles. The Morgan fingerprint density at radius 2 is 1.60 bits per heavy atom. The van der Waals surface area contributed by atoms with E-state index in [0.717, 1.165) is 61.2 Å². The molecule has 0 saturated heterocycles. The third kappa shape index (κ3) is 11.5. The summed E-state index contributed by atoms with van der Waals surface area (Å²) in [6.07, 6.45) is 19.0. The summed E-state index contributed by atoms with van der Waals surface area (Å²) >= 11 is 0. The van der Waals surface area contributed by atoms with Gasteiger partial charge in [0.15, 0.2) is 0 Å². The smallest absolute Gasteiger partial charge is 0.407 e. The van der Waals surface area contributed by atoms with Gasteiger partial charge < -0.3 is 24.4 Å². The van der Waals surface area contributed by atoms with E-state index in [9.17, 15) is 19.2 Å². The second-order valence-electron chi connectivity index (χ2n) is 17.9. The number of ether oxygens (including phenoxy) is 3. The first-order chi connectivity index (χ1) is 25.3. The summed E-state index contributed by atoms with van der Waals surface area (Å²) < 4.78 is 15.7. The fourth-order valence-corrected chi connectivity index (χ4v) is 11.2. The highest BCUT2D eigenvalue weighted by atomic mass is 16.5. The molecule has 0 aromatic carbocycles. The molecule has 1 N–H and O–H groups in total. The Hall–Kier alpha value is -2.58. The first-order valence-electron chi connectivity index (χ1n) is 21.5. The maximum absolute atomic E-state index is 12.8. The van der Waals surface area contributed by atoms with Gasteiger partial charge in [-0.1, -0.05) is 72.0 Å². The van der Waals surface area contributed by atoms with Gasteiger partial charge in [-0.25, -0.2) is 4.79 Å². The van der Waals surface area contributed by atoms with Gasteiger partial charge in [0, 0.05) is 19.5 Å². The van der Waals surface area contributed by atoms with E-state index in [4.69, 9.17) is 14.2 Å². The molecule has 302 valence electrons. The van der Waals surface area contributed by atoms with Gasteiger partial charge in [-0.3, -0.25) is 14.4 Å². The molecule has 9 nitrogen and oxygen atoms in total. The van der Waals surface area contributed by atoms with Gasteiger partial charge in [0.2, 0.25) is 5.91 Å². The van der Waals surface area contributed by atoms with Crippen molar-refractivity contribution in [1.29, 1.82) is 0 Å². The summed E-state index contributed by atoms with van der Waals surface area (Å²) in [7, 11) is 0. The maximum atomic E-state index is 12.8. The summed E-state index contributed by atoms with van der Waals surface area (Å²) in [5.74, 6) is 4.30. The first-order valence-corrected chi connectivity index (χ1v) is 21.5. The van der Waals surface area contributed by atoms with Gasteiger partial charge in [-0.2, -0.15) is 0 Å². The van der Waals surface area contributed by atoms with Crippen molar-refractivity contribution < 1.29 is 33.4 Å². The lowest BCUT2D eigenvalue weighted by Gasteiger charge is -2.58. The zero-order chi connectivity index (χ0) is 38.6. The standard InChI is InChI=1S/C44H74N2O7/c1-8-51-40(48)23-27-46(29-41(49)52-9-2)39(47)16-11-10-12-26-45-42(50)53-30-33-21-24-43(6)34(28-33)17-18-35-37-20-19-36(32(5)15-13-14-31(3)4)44(37,7)25-22-38(35)43/h17,31-33,35-38H,8-16,18-30H2,1-7H3,(H,45,50)/t32?,33-,35?,36+,37?,38?,43-,44+/m0/s1. The Bertz CT molecular complexity index is 1250. The van der Waals surface area contributed by atoms with Crippen LogP contribution in [-0.4, -0.2) is 68.3 Å². The lowest BCUT2D eigenvalue weighted by Crippen LogP contribution is -2.50. The van der Waals surface area contributed by atoms with Crippen LogP contribution in [0.5, 0.6) is 0 Å². The van der Waals surface area contributed by atoms with E-state index in [0.29, 0.717) is 36.3 Å². The molecule has 0 aromatic rings. The molecule has 3 fully saturated rings. The number of carbonyl (C=O) groups excluding carboxylic acids is 4. The van der Waals surface area contributed by atoms with Gasteiger partial charge in [0.05, 0.1) is 26.2 Å². The van der Waals surface area contributed by atoms with Crippen molar-refractivity contribution in [3.63, 3.8) is 0 Å². The number of unbranched alkanes of at least 4 members (excludes halogenated alkanes) is 2. The van der Waals surface area contributed by atoms with Crippen molar-refractivity contribution >= 4 is 23.9 Å². The van der Waals surface area contributed by atoms with Crippen LogP contribution < -0.4 is 5.32 Å². The summed E-state index contributed by atoms with van der Waals surface area (Å²) in [6.45, 7) is 17.3. The van der Waals surface area contributed by atoms with Crippen LogP contribution in [0, 0.1) is 52.3 Å². The van der Waals surface area contributed by atoms with Crippen molar-refractivity contribution in [2.24, 2.45) is 52.3 Å². The van der Waals surface area contributed by atoms with Gasteiger partial charge in [0.25, 0.3) is 0 Å². The van der Waals surface area contributed by atoms with Gasteiger partial charge in [-0.15, -0.1) is 0 Å². The van der Waals surface area contributed by atoms with Crippen LogP contribution in [0.15, 0.2) is 11.6 Å². The molecule has 4 aliphatic rings. The molecule has 4 rings (SSSR count). The molecule has 0 heterocycles. The van der Waals surface area contributed by atoms with E-state index in [1.165, 1.54) is 62.7 Å². The van der Waals surface area contributed by atoms with E-state index in [2.05, 4.69) is 46.0 Å². The van der Waals surface area contributed by atoms with Crippen molar-refractivity contribution in [2.75, 3.05) is 39.5 Å². The van der Waals surface area contributed by atoms with Crippen molar-refractivity contribution in [3.05, 3.63) is 11.6 Å². The monoisotopic (exact) mass is 743 g/mol. The average molecular weight is 743 g/mol. The minimum absolute atomic E-state index is 0.0302. The van der Waals surface area contributed by atoms with E-state index in [1.54, 1.807) is 19.4 Å². The van der Waals surface area contributed by atoms with Crippen LogP contribution in [0.4, 0.5) is 4.79 Å². The van der Waals surface area contributed by atoms with Crippen LogP contribution in [0.25, 0.3) is 0 Å². The van der Waals surface area contributed by atoms with Crippen LogP contribution in [0.2, 0.25) is 0 Å². The first kappa shape index (κ1) is 43.2. The molecule has 4 unspecified atom stereocenters. The molecule has 0 aromatic heterocycles. The molecule has 0 radical (unpaired) electrons. The molecule has 4 aliphatic carbocycles. The summed E-state index contributed by atoms with van der Waals surface area (Å²) in [6, 6.07) is 0. The Labute approximate surface area is 321 Å². The minimum Gasteiger partial charge on any atom is -0.466 e. The molecule has 0 bridgehead atoms. The number of amides is 2. The molecular weight excluding hydrogens is 668 g/mol.